The zero-order valence-electron chi connectivity index (χ0n) is 17.8. The highest BCUT2D eigenvalue weighted by atomic mass is 19.4. The molecule has 184 valence electrons. The second kappa shape index (κ2) is 9.64. The Balaban J connectivity index is 0.000000455. The van der Waals surface area contributed by atoms with E-state index >= 15 is 0 Å². The fourth-order valence-corrected chi connectivity index (χ4v) is 3.49. The van der Waals surface area contributed by atoms with Gasteiger partial charge in [0.2, 0.25) is 6.29 Å². The largest absolute Gasteiger partial charge is 0.446 e. The molecule has 0 saturated carbocycles. The number of imidazole rings is 1. The predicted molar refractivity (Wildman–Crippen MR) is 116 cm³/mol. The number of carbonyl (C=O) groups excluding carboxylic acids is 1. The molecule has 0 aliphatic rings. The van der Waals surface area contributed by atoms with E-state index in [0.717, 1.165) is 6.07 Å². The van der Waals surface area contributed by atoms with Crippen LogP contribution in [0.15, 0.2) is 67.1 Å². The maximum absolute atomic E-state index is 14.3. The number of rotatable bonds is 3. The van der Waals surface area contributed by atoms with Gasteiger partial charge in [-0.1, -0.05) is 6.07 Å². The summed E-state index contributed by atoms with van der Waals surface area (Å²) in [5.41, 5.74) is 2.33. The Morgan fingerprint density at radius 3 is 2.11 bits per heavy atom. The van der Waals surface area contributed by atoms with Crippen molar-refractivity contribution in [3.8, 4) is 33.6 Å². The van der Waals surface area contributed by atoms with E-state index in [2.05, 4.69) is 15.2 Å². The Hall–Kier alpha value is -4.48. The van der Waals surface area contributed by atoms with Crippen LogP contribution in [0.2, 0.25) is 0 Å². The van der Waals surface area contributed by atoms with E-state index in [1.54, 1.807) is 22.7 Å². The van der Waals surface area contributed by atoms with Crippen molar-refractivity contribution in [2.45, 2.75) is 6.18 Å². The van der Waals surface area contributed by atoms with Crippen LogP contribution in [0.1, 0.15) is 0 Å². The molecule has 0 fully saturated rings. The van der Waals surface area contributed by atoms with E-state index in [9.17, 15) is 30.7 Å². The number of fused-ring (bicyclic) bond motifs is 1. The number of hydrogen-bond acceptors (Lipinski definition) is 3. The summed E-state index contributed by atoms with van der Waals surface area (Å²) >= 11 is 0. The summed E-state index contributed by atoms with van der Waals surface area (Å²) in [7, 11) is 0. The lowest BCUT2D eigenvalue weighted by atomic mass is 10.0. The number of hydrogen-bond donors (Lipinski definition) is 1. The van der Waals surface area contributed by atoms with Gasteiger partial charge in [-0.15, -0.1) is 0 Å². The molecule has 0 amide bonds. The average molecular weight is 506 g/mol. The molecule has 0 saturated heterocycles. The van der Waals surface area contributed by atoms with E-state index in [1.807, 2.05) is 0 Å². The zero-order chi connectivity index (χ0) is 26.0. The first-order valence-electron chi connectivity index (χ1n) is 10.0. The van der Waals surface area contributed by atoms with Crippen LogP contribution in [0.25, 0.3) is 39.3 Å². The minimum Gasteiger partial charge on any atom is -0.299 e. The number of carbonyl (C=O) groups is 1. The minimum atomic E-state index is -4.64. The summed E-state index contributed by atoms with van der Waals surface area (Å²) in [6.45, 7) is 0. The first kappa shape index (κ1) is 24.6. The molecule has 3 aromatic heterocycles. The van der Waals surface area contributed by atoms with Crippen molar-refractivity contribution in [1.82, 2.24) is 19.6 Å². The second-order valence-corrected chi connectivity index (χ2v) is 7.36. The van der Waals surface area contributed by atoms with Crippen LogP contribution in [0.4, 0.5) is 30.7 Å². The number of benzene rings is 2. The number of aromatic nitrogens is 4. The molecule has 5 rings (SSSR count). The summed E-state index contributed by atoms with van der Waals surface area (Å²) in [6.07, 6.45) is -1.07. The van der Waals surface area contributed by atoms with Crippen LogP contribution < -0.4 is 0 Å². The smallest absolute Gasteiger partial charge is 0.299 e. The lowest BCUT2D eigenvalue weighted by Crippen LogP contribution is -2.07. The standard InChI is InChI=1S/C22H12F4N4.C2HF3O/c23-14-6-13(7-15(24)8-14)19-10-27-20-5-4-12(11-30(19)20)16-9-28-29-22(16)21-17(25)2-1-3-18(21)26;3-2(4,5)1-6/h1-11H,(H,28,29);1H. The fraction of sp³-hybridized carbons (Fsp3) is 0.0417. The topological polar surface area (TPSA) is 63.1 Å². The van der Waals surface area contributed by atoms with Crippen molar-refractivity contribution >= 4 is 11.9 Å². The molecule has 0 spiro atoms. The average Bonchev–Trinajstić information content (AvgIpc) is 3.45. The SMILES string of the molecule is Fc1cc(F)cc(-c2cnc3ccc(-c4cn[nH]c4-c4c(F)cccc4F)cn23)c1.O=CC(F)(F)F. The molecule has 12 heteroatoms. The van der Waals surface area contributed by atoms with Crippen LogP contribution in [0, 0.1) is 23.3 Å². The van der Waals surface area contributed by atoms with Crippen LogP contribution >= 0.6 is 0 Å². The number of nitrogens with one attached hydrogen (secondary N) is 1. The third-order valence-electron chi connectivity index (χ3n) is 4.96. The van der Waals surface area contributed by atoms with Gasteiger partial charge < -0.3 is 0 Å². The molecule has 5 aromatic rings. The van der Waals surface area contributed by atoms with Crippen molar-refractivity contribution in [3.05, 3.63) is 90.4 Å². The number of aldehydes is 1. The Morgan fingerprint density at radius 1 is 0.861 bits per heavy atom. The molecule has 1 N–H and O–H groups in total. The Kier molecular flexibility index (Phi) is 6.60. The second-order valence-electron chi connectivity index (χ2n) is 7.36. The van der Waals surface area contributed by atoms with Gasteiger partial charge >= 0.3 is 6.18 Å². The summed E-state index contributed by atoms with van der Waals surface area (Å²) in [5.74, 6) is -2.85. The predicted octanol–water partition coefficient (Wildman–Crippen LogP) is 6.36. The highest BCUT2D eigenvalue weighted by Gasteiger charge is 2.25. The maximum atomic E-state index is 14.3. The number of halogens is 7. The first-order chi connectivity index (χ1) is 17.1. The molecular formula is C24H13F7N4O. The summed E-state index contributed by atoms with van der Waals surface area (Å²) in [5, 5.41) is 6.60. The van der Waals surface area contributed by atoms with Gasteiger partial charge in [0.1, 0.15) is 28.9 Å². The van der Waals surface area contributed by atoms with E-state index in [4.69, 9.17) is 4.79 Å². The molecule has 0 aliphatic carbocycles. The van der Waals surface area contributed by atoms with E-state index in [1.165, 1.54) is 42.7 Å². The lowest BCUT2D eigenvalue weighted by Gasteiger charge is -2.08. The molecule has 36 heavy (non-hydrogen) atoms. The molecule has 2 aromatic carbocycles. The van der Waals surface area contributed by atoms with Gasteiger partial charge in [0.15, 0.2) is 0 Å². The molecule has 0 aliphatic heterocycles. The van der Waals surface area contributed by atoms with Crippen LogP contribution in [0.3, 0.4) is 0 Å². The molecule has 3 heterocycles. The van der Waals surface area contributed by atoms with Crippen molar-refractivity contribution in [2.24, 2.45) is 0 Å². The van der Waals surface area contributed by atoms with Gasteiger partial charge in [0.05, 0.1) is 29.3 Å². The molecule has 0 unspecified atom stereocenters. The molecule has 5 nitrogen and oxygen atoms in total. The Bertz CT molecular complexity index is 1520. The third-order valence-corrected chi connectivity index (χ3v) is 4.96. The summed E-state index contributed by atoms with van der Waals surface area (Å²) < 4.78 is 88.9. The first-order valence-corrected chi connectivity index (χ1v) is 10.0. The molecule has 0 atom stereocenters. The van der Waals surface area contributed by atoms with Crippen molar-refractivity contribution < 1.29 is 35.5 Å². The Labute approximate surface area is 197 Å². The highest BCUT2D eigenvalue weighted by molar-refractivity contribution is 5.81. The van der Waals surface area contributed by atoms with Crippen LogP contribution in [-0.4, -0.2) is 32.0 Å². The van der Waals surface area contributed by atoms with E-state index < -0.39 is 35.7 Å². The maximum Gasteiger partial charge on any atom is 0.446 e. The summed E-state index contributed by atoms with van der Waals surface area (Å²) in [4.78, 5) is 13.0. The van der Waals surface area contributed by atoms with Crippen molar-refractivity contribution in [3.63, 3.8) is 0 Å². The van der Waals surface area contributed by atoms with Crippen molar-refractivity contribution in [2.75, 3.05) is 0 Å². The minimum absolute atomic E-state index is 0.184. The zero-order valence-corrected chi connectivity index (χ0v) is 17.8. The van der Waals surface area contributed by atoms with Gasteiger partial charge in [-0.05, 0) is 36.4 Å². The van der Waals surface area contributed by atoms with Gasteiger partial charge in [-0.3, -0.25) is 14.3 Å². The molecular weight excluding hydrogens is 493 g/mol. The van der Waals surface area contributed by atoms with Gasteiger partial charge in [0.25, 0.3) is 0 Å². The van der Waals surface area contributed by atoms with Crippen molar-refractivity contribution in [1.29, 1.82) is 0 Å². The lowest BCUT2D eigenvalue weighted by molar-refractivity contribution is -0.156. The fourth-order valence-electron chi connectivity index (χ4n) is 3.49. The van der Waals surface area contributed by atoms with E-state index in [-0.39, 0.29) is 11.3 Å². The Morgan fingerprint density at radius 2 is 1.50 bits per heavy atom. The number of alkyl halides is 3. The quantitative estimate of drug-likeness (QED) is 0.229. The third kappa shape index (κ3) is 5.11. The van der Waals surface area contributed by atoms with Gasteiger partial charge in [-0.2, -0.15) is 18.3 Å². The number of aromatic amines is 1. The normalized spacial score (nSPS) is 11.3. The summed E-state index contributed by atoms with van der Waals surface area (Å²) in [6, 6.07) is 10.2. The number of nitrogens with zero attached hydrogens (tertiary/aromatic N) is 3. The van der Waals surface area contributed by atoms with E-state index in [0.29, 0.717) is 28.0 Å². The molecule has 0 radical (unpaired) electrons. The van der Waals surface area contributed by atoms with Gasteiger partial charge in [-0.25, -0.2) is 22.5 Å². The van der Waals surface area contributed by atoms with Crippen LogP contribution in [-0.2, 0) is 4.79 Å². The number of pyridine rings is 1. The van der Waals surface area contributed by atoms with Crippen LogP contribution in [0.5, 0.6) is 0 Å². The monoisotopic (exact) mass is 506 g/mol. The number of H-pyrrole nitrogens is 1. The molecule has 0 bridgehead atoms. The highest BCUT2D eigenvalue weighted by Crippen LogP contribution is 2.34. The van der Waals surface area contributed by atoms with Gasteiger partial charge in [0, 0.05) is 29.0 Å².